The Balaban J connectivity index is 3.45. The van der Waals surface area contributed by atoms with Gasteiger partial charge in [0.1, 0.15) is 5.75 Å². The molecule has 0 aliphatic heterocycles. The summed E-state index contributed by atoms with van der Waals surface area (Å²) >= 11 is 0. The molecule has 0 saturated carbocycles. The fourth-order valence-electron chi connectivity index (χ4n) is 0.591. The summed E-state index contributed by atoms with van der Waals surface area (Å²) in [7, 11) is 0. The Hall–Kier alpha value is -1.77. The molecule has 2 N–H and O–H groups in total. The molecule has 1 rings (SSSR count). The first-order valence-corrected chi connectivity index (χ1v) is 3.06. The highest BCUT2D eigenvalue weighted by Gasteiger charge is 1.94. The first-order valence-electron chi connectivity index (χ1n) is 5.06. The van der Waals surface area contributed by atoms with Gasteiger partial charge in [0.25, 0.3) is 0 Å². The van der Waals surface area contributed by atoms with Gasteiger partial charge in [0, 0.05) is 11.6 Å². The van der Waals surface area contributed by atoms with E-state index in [0.717, 1.165) is 6.08 Å². The normalized spacial score (nSPS) is 15.0. The van der Waals surface area contributed by atoms with E-state index in [0.29, 0.717) is 6.08 Å². The van der Waals surface area contributed by atoms with Crippen LogP contribution in [0.15, 0.2) is 30.2 Å². The van der Waals surface area contributed by atoms with Crippen molar-refractivity contribution in [1.82, 2.24) is 0 Å². The maximum absolute atomic E-state index is 10.3. The van der Waals surface area contributed by atoms with Crippen molar-refractivity contribution in [3.05, 3.63) is 35.8 Å². The van der Waals surface area contributed by atoms with Crippen molar-refractivity contribution in [2.24, 2.45) is 0 Å². The number of aromatic hydroxyl groups is 1. The summed E-state index contributed by atoms with van der Waals surface area (Å²) in [6.45, 7) is 0. The van der Waals surface area contributed by atoms with Crippen molar-refractivity contribution in [3.8, 4) is 5.75 Å². The number of phenols is 1. The predicted molar refractivity (Wildman–Crippen MR) is 44.8 cm³/mol. The lowest BCUT2D eigenvalue weighted by Gasteiger charge is -1.95. The SMILES string of the molecule is [2H]c1c([2H])c([2H])c(/C=C/C(=O)O)c(O)c1[2H]. The van der Waals surface area contributed by atoms with Crippen LogP contribution in [0.2, 0.25) is 0 Å². The standard InChI is InChI=1S/C9H8O3/c10-8-4-2-1-3-7(8)5-6-9(11)12/h1-6,10H,(H,11,12)/b6-5+/i1D,2D,3D,4D. The molecule has 1 aromatic carbocycles. The minimum absolute atomic E-state index is 0.242. The Bertz CT molecular complexity index is 453. The average molecular weight is 168 g/mol. The maximum atomic E-state index is 10.3. The van der Waals surface area contributed by atoms with Gasteiger partial charge in [-0.25, -0.2) is 4.79 Å². The van der Waals surface area contributed by atoms with E-state index in [1.165, 1.54) is 0 Å². The second-order valence-electron chi connectivity index (χ2n) is 1.93. The Morgan fingerprint density at radius 1 is 1.50 bits per heavy atom. The number of para-hydroxylation sites is 1. The van der Waals surface area contributed by atoms with Crippen molar-refractivity contribution in [3.63, 3.8) is 0 Å². The summed E-state index contributed by atoms with van der Waals surface area (Å²) in [5.41, 5.74) is -0.242. The third-order valence-electron chi connectivity index (χ3n) is 1.09. The van der Waals surface area contributed by atoms with E-state index < -0.39 is 35.9 Å². The lowest BCUT2D eigenvalue weighted by atomic mass is 10.2. The number of hydrogen-bond donors (Lipinski definition) is 2. The van der Waals surface area contributed by atoms with E-state index in [4.69, 9.17) is 10.6 Å². The van der Waals surface area contributed by atoms with Crippen LogP contribution in [0.3, 0.4) is 0 Å². The topological polar surface area (TPSA) is 57.5 Å². The zero-order valence-electron chi connectivity index (χ0n) is 9.96. The number of carbonyl (C=O) groups is 1. The molecule has 12 heavy (non-hydrogen) atoms. The van der Waals surface area contributed by atoms with E-state index in [1.54, 1.807) is 0 Å². The number of carboxylic acids is 1. The number of aliphatic carboxylic acids is 1. The second-order valence-corrected chi connectivity index (χ2v) is 1.93. The van der Waals surface area contributed by atoms with Crippen LogP contribution in [0.1, 0.15) is 11.0 Å². The quantitative estimate of drug-likeness (QED) is 0.658. The van der Waals surface area contributed by atoms with Crippen LogP contribution in [0.25, 0.3) is 6.08 Å². The van der Waals surface area contributed by atoms with Crippen molar-refractivity contribution < 1.29 is 20.5 Å². The molecule has 0 amide bonds. The second kappa shape index (κ2) is 3.57. The molecule has 0 aliphatic rings. The lowest BCUT2D eigenvalue weighted by molar-refractivity contribution is -0.131. The molecular weight excluding hydrogens is 156 g/mol. The molecule has 0 spiro atoms. The van der Waals surface area contributed by atoms with Crippen molar-refractivity contribution in [2.75, 3.05) is 0 Å². The monoisotopic (exact) mass is 168 g/mol. The molecule has 0 radical (unpaired) electrons. The van der Waals surface area contributed by atoms with Gasteiger partial charge < -0.3 is 10.2 Å². The summed E-state index contributed by atoms with van der Waals surface area (Å²) in [5.74, 6) is -1.93. The molecule has 0 heterocycles. The van der Waals surface area contributed by atoms with E-state index in [-0.39, 0.29) is 5.56 Å². The van der Waals surface area contributed by atoms with Gasteiger partial charge in [0.15, 0.2) is 0 Å². The summed E-state index contributed by atoms with van der Waals surface area (Å²) in [6.07, 6.45) is 1.62. The third kappa shape index (κ3) is 2.12. The summed E-state index contributed by atoms with van der Waals surface area (Å²) in [4.78, 5) is 10.3. The molecule has 3 heteroatoms. The molecule has 0 unspecified atom stereocenters. The van der Waals surface area contributed by atoms with E-state index >= 15 is 0 Å². The van der Waals surface area contributed by atoms with Gasteiger partial charge in [0.2, 0.25) is 0 Å². The van der Waals surface area contributed by atoms with Crippen molar-refractivity contribution >= 4 is 12.0 Å². The molecule has 0 atom stereocenters. The fourth-order valence-corrected chi connectivity index (χ4v) is 0.591. The largest absolute Gasteiger partial charge is 0.507 e. The van der Waals surface area contributed by atoms with Gasteiger partial charge in [-0.15, -0.1) is 0 Å². The molecular formula is C9H8O3. The van der Waals surface area contributed by atoms with Gasteiger partial charge in [-0.2, -0.15) is 0 Å². The summed E-state index contributed by atoms with van der Waals surface area (Å²) < 4.78 is 29.3. The zero-order chi connectivity index (χ0) is 12.5. The Morgan fingerprint density at radius 3 is 2.83 bits per heavy atom. The zero-order valence-corrected chi connectivity index (χ0v) is 5.96. The van der Waals surface area contributed by atoms with E-state index in [2.05, 4.69) is 0 Å². The Morgan fingerprint density at radius 2 is 2.17 bits per heavy atom. The first-order chi connectivity index (χ1) is 7.36. The van der Waals surface area contributed by atoms with Crippen LogP contribution in [-0.4, -0.2) is 16.2 Å². The lowest BCUT2D eigenvalue weighted by Crippen LogP contribution is -1.85. The van der Waals surface area contributed by atoms with Crippen molar-refractivity contribution in [1.29, 1.82) is 0 Å². The molecule has 0 saturated heterocycles. The van der Waals surface area contributed by atoms with E-state index in [1.807, 2.05) is 0 Å². The molecule has 3 nitrogen and oxygen atoms in total. The highest BCUT2D eigenvalue weighted by Crippen LogP contribution is 2.16. The van der Waals surface area contributed by atoms with Crippen LogP contribution in [0.4, 0.5) is 0 Å². The van der Waals surface area contributed by atoms with Crippen molar-refractivity contribution in [2.45, 2.75) is 0 Å². The third-order valence-corrected chi connectivity index (χ3v) is 1.09. The van der Waals surface area contributed by atoms with Crippen LogP contribution >= 0.6 is 0 Å². The number of carboxylic acid groups (broad SMARTS) is 1. The molecule has 0 fully saturated rings. The van der Waals surface area contributed by atoms with Gasteiger partial charge >= 0.3 is 5.97 Å². The molecule has 0 bridgehead atoms. The highest BCUT2D eigenvalue weighted by atomic mass is 16.4. The summed E-state index contributed by atoms with van der Waals surface area (Å²) in [5, 5.41) is 17.8. The van der Waals surface area contributed by atoms with E-state index in [9.17, 15) is 9.90 Å². The fraction of sp³-hybridized carbons (Fsp3) is 0. The van der Waals surface area contributed by atoms with Crippen LogP contribution in [0, 0.1) is 0 Å². The molecule has 1 aromatic rings. The smallest absolute Gasteiger partial charge is 0.328 e. The number of rotatable bonds is 2. The minimum atomic E-state index is -1.27. The predicted octanol–water partition coefficient (Wildman–Crippen LogP) is 1.49. The first kappa shape index (κ1) is 4.30. The van der Waals surface area contributed by atoms with Crippen LogP contribution in [-0.2, 0) is 4.79 Å². The summed E-state index contributed by atoms with van der Waals surface area (Å²) in [6, 6.07) is -2.15. The number of hydrogen-bond acceptors (Lipinski definition) is 2. The Labute approximate surface area is 75.2 Å². The number of phenolic OH excluding ortho intramolecular Hbond substituents is 1. The molecule has 0 aromatic heterocycles. The van der Waals surface area contributed by atoms with Gasteiger partial charge in [-0.05, 0) is 12.1 Å². The molecule has 62 valence electrons. The highest BCUT2D eigenvalue weighted by molar-refractivity contribution is 5.85. The number of benzene rings is 1. The van der Waals surface area contributed by atoms with Gasteiger partial charge in [0.05, 0.1) is 5.48 Å². The maximum Gasteiger partial charge on any atom is 0.328 e. The molecule has 0 aliphatic carbocycles. The van der Waals surface area contributed by atoms with Gasteiger partial charge in [-0.3, -0.25) is 0 Å². The van der Waals surface area contributed by atoms with Gasteiger partial charge in [-0.1, -0.05) is 18.1 Å². The van der Waals surface area contributed by atoms with Crippen LogP contribution in [0.5, 0.6) is 5.75 Å². The average Bonchev–Trinajstić information content (AvgIpc) is 2.23. The minimum Gasteiger partial charge on any atom is -0.507 e. The Kier molecular flexibility index (Phi) is 1.28. The van der Waals surface area contributed by atoms with Crippen LogP contribution < -0.4 is 0 Å².